The van der Waals surface area contributed by atoms with Gasteiger partial charge in [0.05, 0.1) is 12.7 Å². The average Bonchev–Trinajstić information content (AvgIpc) is 2.52. The molecule has 20 heavy (non-hydrogen) atoms. The van der Waals surface area contributed by atoms with Gasteiger partial charge in [-0.15, -0.1) is 0 Å². The molecule has 0 N–H and O–H groups in total. The van der Waals surface area contributed by atoms with Gasteiger partial charge in [-0.25, -0.2) is 0 Å². The summed E-state index contributed by atoms with van der Waals surface area (Å²) in [4.78, 5) is 10.9. The largest absolute Gasteiger partial charge is 0.497 e. The van der Waals surface area contributed by atoms with Gasteiger partial charge in [-0.1, -0.05) is 30.0 Å². The SMILES string of the molecule is COc1ccc(C=O)c(OCC#Cc2ccccc2)c1. The molecule has 2 aromatic carbocycles. The Kier molecular flexibility index (Phi) is 4.80. The van der Waals surface area contributed by atoms with Crippen LogP contribution in [0.4, 0.5) is 0 Å². The van der Waals surface area contributed by atoms with Crippen LogP contribution in [0.3, 0.4) is 0 Å². The molecule has 0 amide bonds. The highest BCUT2D eigenvalue weighted by molar-refractivity contribution is 5.79. The van der Waals surface area contributed by atoms with E-state index in [0.29, 0.717) is 17.1 Å². The lowest BCUT2D eigenvalue weighted by atomic mass is 10.2. The van der Waals surface area contributed by atoms with Crippen LogP contribution in [-0.4, -0.2) is 20.0 Å². The zero-order valence-corrected chi connectivity index (χ0v) is 11.1. The number of ether oxygens (including phenoxy) is 2. The molecule has 2 aromatic rings. The highest BCUT2D eigenvalue weighted by atomic mass is 16.5. The fraction of sp³-hybridized carbons (Fsp3) is 0.118. The summed E-state index contributed by atoms with van der Waals surface area (Å²) in [5.74, 6) is 7.01. The summed E-state index contributed by atoms with van der Waals surface area (Å²) in [6.07, 6.45) is 0.749. The van der Waals surface area contributed by atoms with Gasteiger partial charge in [0, 0.05) is 11.6 Å². The third-order valence-corrected chi connectivity index (χ3v) is 2.65. The van der Waals surface area contributed by atoms with Gasteiger partial charge in [-0.3, -0.25) is 4.79 Å². The number of rotatable bonds is 4. The van der Waals surface area contributed by atoms with E-state index in [0.717, 1.165) is 11.8 Å². The zero-order chi connectivity index (χ0) is 14.2. The molecule has 0 unspecified atom stereocenters. The van der Waals surface area contributed by atoms with E-state index in [9.17, 15) is 4.79 Å². The maximum atomic E-state index is 10.9. The molecule has 2 rings (SSSR count). The van der Waals surface area contributed by atoms with Gasteiger partial charge in [0.15, 0.2) is 6.29 Å². The monoisotopic (exact) mass is 266 g/mol. The topological polar surface area (TPSA) is 35.5 Å². The molecule has 0 aliphatic rings. The van der Waals surface area contributed by atoms with Crippen LogP contribution in [0.25, 0.3) is 0 Å². The van der Waals surface area contributed by atoms with E-state index < -0.39 is 0 Å². The summed E-state index contributed by atoms with van der Waals surface area (Å²) >= 11 is 0. The molecular formula is C17H14O3. The predicted molar refractivity (Wildman–Crippen MR) is 77.2 cm³/mol. The Balaban J connectivity index is 2.04. The van der Waals surface area contributed by atoms with Crippen LogP contribution in [0.5, 0.6) is 11.5 Å². The second-order valence-electron chi connectivity index (χ2n) is 3.98. The van der Waals surface area contributed by atoms with Gasteiger partial charge >= 0.3 is 0 Å². The van der Waals surface area contributed by atoms with E-state index in [4.69, 9.17) is 9.47 Å². The van der Waals surface area contributed by atoms with Crippen molar-refractivity contribution >= 4 is 6.29 Å². The number of methoxy groups -OCH3 is 1. The first kappa shape index (κ1) is 13.7. The molecule has 0 heterocycles. The molecule has 0 aliphatic heterocycles. The standard InChI is InChI=1S/C17H14O3/c1-19-16-10-9-15(13-18)17(12-16)20-11-5-8-14-6-3-2-4-7-14/h2-4,6-7,9-10,12-13H,11H2,1H3. The minimum absolute atomic E-state index is 0.211. The Morgan fingerprint density at radius 2 is 1.95 bits per heavy atom. The van der Waals surface area contributed by atoms with Gasteiger partial charge in [-0.2, -0.15) is 0 Å². The first-order chi connectivity index (χ1) is 9.83. The number of carbonyl (C=O) groups is 1. The lowest BCUT2D eigenvalue weighted by Crippen LogP contribution is -1.98. The molecular weight excluding hydrogens is 252 g/mol. The highest BCUT2D eigenvalue weighted by Crippen LogP contribution is 2.23. The molecule has 0 saturated heterocycles. The van der Waals surface area contributed by atoms with E-state index in [-0.39, 0.29) is 6.61 Å². The molecule has 0 fully saturated rings. The third kappa shape index (κ3) is 3.63. The number of benzene rings is 2. The van der Waals surface area contributed by atoms with Crippen LogP contribution in [0.15, 0.2) is 48.5 Å². The lowest BCUT2D eigenvalue weighted by molar-refractivity contribution is 0.112. The molecule has 3 nitrogen and oxygen atoms in total. The molecule has 0 radical (unpaired) electrons. The molecule has 0 bridgehead atoms. The van der Waals surface area contributed by atoms with Crippen LogP contribution >= 0.6 is 0 Å². The van der Waals surface area contributed by atoms with E-state index in [1.807, 2.05) is 30.3 Å². The average molecular weight is 266 g/mol. The summed E-state index contributed by atoms with van der Waals surface area (Å²) in [7, 11) is 1.56. The van der Waals surface area contributed by atoms with Gasteiger partial charge in [0.25, 0.3) is 0 Å². The van der Waals surface area contributed by atoms with Crippen LogP contribution < -0.4 is 9.47 Å². The van der Waals surface area contributed by atoms with Crippen molar-refractivity contribution in [3.05, 3.63) is 59.7 Å². The number of aldehydes is 1. The quantitative estimate of drug-likeness (QED) is 0.630. The Morgan fingerprint density at radius 3 is 2.65 bits per heavy atom. The molecule has 100 valence electrons. The van der Waals surface area contributed by atoms with Crippen molar-refractivity contribution in [1.82, 2.24) is 0 Å². The maximum Gasteiger partial charge on any atom is 0.153 e. The predicted octanol–water partition coefficient (Wildman–Crippen LogP) is 2.94. The summed E-state index contributed by atoms with van der Waals surface area (Å²) in [5.41, 5.74) is 1.41. The van der Waals surface area contributed by atoms with Crippen molar-refractivity contribution in [2.45, 2.75) is 0 Å². The van der Waals surface area contributed by atoms with Gasteiger partial charge in [-0.05, 0) is 24.3 Å². The first-order valence-corrected chi connectivity index (χ1v) is 6.13. The number of hydrogen-bond donors (Lipinski definition) is 0. The first-order valence-electron chi connectivity index (χ1n) is 6.13. The smallest absolute Gasteiger partial charge is 0.153 e. The Bertz CT molecular complexity index is 636. The second-order valence-corrected chi connectivity index (χ2v) is 3.98. The maximum absolute atomic E-state index is 10.9. The molecule has 0 spiro atoms. The molecule has 0 aliphatic carbocycles. The van der Waals surface area contributed by atoms with Crippen molar-refractivity contribution in [2.24, 2.45) is 0 Å². The van der Waals surface area contributed by atoms with E-state index in [2.05, 4.69) is 11.8 Å². The van der Waals surface area contributed by atoms with Gasteiger partial charge < -0.3 is 9.47 Å². The molecule has 0 saturated carbocycles. The normalized spacial score (nSPS) is 9.25. The van der Waals surface area contributed by atoms with Crippen LogP contribution in [-0.2, 0) is 0 Å². The van der Waals surface area contributed by atoms with E-state index in [1.165, 1.54) is 0 Å². The van der Waals surface area contributed by atoms with E-state index >= 15 is 0 Å². The number of carbonyl (C=O) groups excluding carboxylic acids is 1. The van der Waals surface area contributed by atoms with Crippen LogP contribution in [0, 0.1) is 11.8 Å². The zero-order valence-electron chi connectivity index (χ0n) is 11.1. The molecule has 0 atom stereocenters. The third-order valence-electron chi connectivity index (χ3n) is 2.65. The van der Waals surface area contributed by atoms with Crippen molar-refractivity contribution in [3.8, 4) is 23.3 Å². The van der Waals surface area contributed by atoms with Crippen LogP contribution in [0.1, 0.15) is 15.9 Å². The van der Waals surface area contributed by atoms with Crippen LogP contribution in [0.2, 0.25) is 0 Å². The Morgan fingerprint density at radius 1 is 1.15 bits per heavy atom. The number of hydrogen-bond acceptors (Lipinski definition) is 3. The molecule has 3 heteroatoms. The van der Waals surface area contributed by atoms with Crippen molar-refractivity contribution in [3.63, 3.8) is 0 Å². The highest BCUT2D eigenvalue weighted by Gasteiger charge is 2.04. The van der Waals surface area contributed by atoms with Crippen molar-refractivity contribution in [2.75, 3.05) is 13.7 Å². The summed E-state index contributed by atoms with van der Waals surface area (Å²) < 4.78 is 10.6. The Labute approximate surface area is 118 Å². The second kappa shape index (κ2) is 7.01. The van der Waals surface area contributed by atoms with Gasteiger partial charge in [0.1, 0.15) is 18.1 Å². The fourth-order valence-corrected chi connectivity index (χ4v) is 1.64. The van der Waals surface area contributed by atoms with E-state index in [1.54, 1.807) is 25.3 Å². The van der Waals surface area contributed by atoms with Gasteiger partial charge in [0.2, 0.25) is 0 Å². The molecule has 0 aromatic heterocycles. The minimum Gasteiger partial charge on any atom is -0.497 e. The van der Waals surface area contributed by atoms with Crippen molar-refractivity contribution in [1.29, 1.82) is 0 Å². The summed E-state index contributed by atoms with van der Waals surface area (Å²) in [6, 6.07) is 14.7. The fourth-order valence-electron chi connectivity index (χ4n) is 1.64. The lowest BCUT2D eigenvalue weighted by Gasteiger charge is -2.07. The minimum atomic E-state index is 0.211. The van der Waals surface area contributed by atoms with Crippen molar-refractivity contribution < 1.29 is 14.3 Å². The Hall–Kier alpha value is -2.73. The summed E-state index contributed by atoms with van der Waals surface area (Å²) in [6.45, 7) is 0.211. The summed E-state index contributed by atoms with van der Waals surface area (Å²) in [5, 5.41) is 0.